The van der Waals surface area contributed by atoms with Crippen molar-refractivity contribution in [2.24, 2.45) is 10.7 Å². The number of alkyl carbamates (subject to hydrolysis) is 1. The van der Waals surface area contributed by atoms with Crippen LogP contribution in [-0.2, 0) is 45.1 Å². The molecule has 0 saturated carbocycles. The van der Waals surface area contributed by atoms with E-state index in [4.69, 9.17) is 19.9 Å². The summed E-state index contributed by atoms with van der Waals surface area (Å²) in [5.41, 5.74) is 11.3. The van der Waals surface area contributed by atoms with Gasteiger partial charge in [0.1, 0.15) is 35.6 Å². The molecule has 0 saturated heterocycles. The van der Waals surface area contributed by atoms with Crippen molar-refractivity contribution in [1.29, 1.82) is 0 Å². The Hall–Kier alpha value is -6.17. The lowest BCUT2D eigenvalue weighted by Gasteiger charge is -2.22. The second-order valence-electron chi connectivity index (χ2n) is 17.1. The predicted octanol–water partition coefficient (Wildman–Crippen LogP) is 4.02. The molecule has 5 rings (SSSR count). The number of rotatable bonds is 16. The zero-order valence-electron chi connectivity index (χ0n) is 36.3. The van der Waals surface area contributed by atoms with E-state index in [0.717, 1.165) is 27.8 Å². The lowest BCUT2D eigenvalue weighted by Crippen LogP contribution is -2.51. The van der Waals surface area contributed by atoms with Gasteiger partial charge in [0.25, 0.3) is 10.0 Å². The molecule has 0 spiro atoms. The van der Waals surface area contributed by atoms with E-state index in [9.17, 15) is 37.5 Å². The molecule has 1 aliphatic carbocycles. The Bertz CT molecular complexity index is 2340. The van der Waals surface area contributed by atoms with E-state index in [1.54, 1.807) is 41.5 Å². The van der Waals surface area contributed by atoms with Gasteiger partial charge in [-0.3, -0.25) is 19.4 Å². The van der Waals surface area contributed by atoms with Crippen molar-refractivity contribution in [2.75, 3.05) is 19.7 Å². The van der Waals surface area contributed by atoms with Crippen LogP contribution in [0, 0.1) is 20.8 Å². The third kappa shape index (κ3) is 11.4. The number of amides is 3. The molecule has 1 heterocycles. The Balaban J connectivity index is 1.24. The number of sulfonamides is 1. The van der Waals surface area contributed by atoms with Crippen molar-refractivity contribution in [3.8, 4) is 16.9 Å². The molecule has 2 atom stereocenters. The first-order valence-corrected chi connectivity index (χ1v) is 21.7. The molecule has 0 unspecified atom stereocenters. The van der Waals surface area contributed by atoms with E-state index in [0.29, 0.717) is 28.9 Å². The highest BCUT2D eigenvalue weighted by molar-refractivity contribution is 7.90. The quantitative estimate of drug-likeness (QED) is 0.0517. The van der Waals surface area contributed by atoms with E-state index >= 15 is 0 Å². The van der Waals surface area contributed by atoms with Crippen LogP contribution < -0.4 is 31.1 Å². The zero-order chi connectivity index (χ0) is 45.7. The van der Waals surface area contributed by atoms with Gasteiger partial charge >= 0.3 is 18.0 Å². The molecule has 3 aromatic rings. The number of guanidine groups is 1. The molecule has 18 heteroatoms. The van der Waals surface area contributed by atoms with Crippen molar-refractivity contribution in [3.05, 3.63) is 81.9 Å². The molecular formula is C44H56N6O11S. The standard InChI is InChI=1S/C44H56N6O11S/c1-24-25(2)38(26(3)31-21-44(7,8)61-37(24)31)62(57,58)50-41(45)46-19-13-18-33(39(53)47-22-35(51)48-34(40(54)55)20-36(52)60-43(4,5)6)49-42(56)59-23-32-29-16-11-9-14-27(29)28-15-10-12-17-30(28)32/h9-12,14-17,32-34H,13,18-23H2,1-8H3,(H,47,53)(H,48,51)(H,49,56)(H,54,55)(H3,45,46,50)/t33-,34-/m0/s1. The maximum absolute atomic E-state index is 13.7. The average molecular weight is 877 g/mol. The number of ether oxygens (including phenoxy) is 3. The van der Waals surface area contributed by atoms with Crippen molar-refractivity contribution in [1.82, 2.24) is 20.7 Å². The number of carboxylic acid groups (broad SMARTS) is 1. The number of nitrogens with two attached hydrogens (primary N) is 1. The SMILES string of the molecule is Cc1c(C)c(S(=O)(=O)NC(N)=NCCC[C@H](NC(=O)OCC2c3ccccc3-c3ccccc32)C(=O)NCC(=O)N[C@@H](CC(=O)OC(C)(C)C)C(=O)O)c(C)c2c1OC(C)(C)C2. The third-order valence-electron chi connectivity index (χ3n) is 10.5. The van der Waals surface area contributed by atoms with Crippen LogP contribution in [0.25, 0.3) is 11.1 Å². The van der Waals surface area contributed by atoms with Gasteiger partial charge in [-0.2, -0.15) is 0 Å². The van der Waals surface area contributed by atoms with Gasteiger partial charge in [-0.15, -0.1) is 0 Å². The van der Waals surface area contributed by atoms with Crippen LogP contribution in [0.2, 0.25) is 0 Å². The molecule has 17 nitrogen and oxygen atoms in total. The molecule has 1 aliphatic heterocycles. The maximum atomic E-state index is 13.7. The van der Waals surface area contributed by atoms with Gasteiger partial charge in [-0.25, -0.2) is 22.7 Å². The van der Waals surface area contributed by atoms with Crippen LogP contribution in [0.3, 0.4) is 0 Å². The second kappa shape index (κ2) is 18.8. The van der Waals surface area contributed by atoms with Gasteiger partial charge in [0.05, 0.1) is 17.9 Å². The molecule has 0 aromatic heterocycles. The van der Waals surface area contributed by atoms with Crippen LogP contribution in [0.15, 0.2) is 58.4 Å². The van der Waals surface area contributed by atoms with Crippen LogP contribution in [0.4, 0.5) is 4.79 Å². The van der Waals surface area contributed by atoms with Gasteiger partial charge in [0.15, 0.2) is 0 Å². The summed E-state index contributed by atoms with van der Waals surface area (Å²) >= 11 is 0. The van der Waals surface area contributed by atoms with Gasteiger partial charge in [-0.1, -0.05) is 48.5 Å². The Labute approximate surface area is 361 Å². The van der Waals surface area contributed by atoms with Gasteiger partial charge in [-0.05, 0) is 107 Å². The fourth-order valence-corrected chi connectivity index (χ4v) is 9.23. The highest BCUT2D eigenvalue weighted by atomic mass is 32.2. The minimum absolute atomic E-state index is 0.0424. The summed E-state index contributed by atoms with van der Waals surface area (Å²) in [5.74, 6) is -4.03. The minimum Gasteiger partial charge on any atom is -0.487 e. The minimum atomic E-state index is -4.18. The summed E-state index contributed by atoms with van der Waals surface area (Å²) in [6.45, 7) is 13.1. The van der Waals surface area contributed by atoms with Crippen LogP contribution in [0.5, 0.6) is 5.75 Å². The molecular weight excluding hydrogens is 821 g/mol. The van der Waals surface area contributed by atoms with Crippen molar-refractivity contribution < 1.29 is 51.7 Å². The summed E-state index contributed by atoms with van der Waals surface area (Å²) in [5, 5.41) is 16.7. The Morgan fingerprint density at radius 2 is 1.55 bits per heavy atom. The first-order valence-electron chi connectivity index (χ1n) is 20.3. The number of fused-ring (bicyclic) bond motifs is 4. The van der Waals surface area contributed by atoms with E-state index in [1.807, 2.05) is 62.4 Å². The van der Waals surface area contributed by atoms with Crippen molar-refractivity contribution in [2.45, 2.75) is 115 Å². The molecule has 0 bridgehead atoms. The zero-order valence-corrected chi connectivity index (χ0v) is 37.1. The lowest BCUT2D eigenvalue weighted by atomic mass is 9.94. The molecule has 0 radical (unpaired) electrons. The van der Waals surface area contributed by atoms with Gasteiger partial charge < -0.3 is 41.0 Å². The molecule has 0 fully saturated rings. The number of aliphatic carboxylic acids is 1. The number of hydrogen-bond donors (Lipinski definition) is 6. The monoisotopic (exact) mass is 876 g/mol. The number of esters is 1. The highest BCUT2D eigenvalue weighted by Crippen LogP contribution is 2.45. The van der Waals surface area contributed by atoms with Crippen LogP contribution in [0.1, 0.15) is 93.2 Å². The number of carbonyl (C=O) groups is 5. The Morgan fingerprint density at radius 1 is 0.935 bits per heavy atom. The largest absolute Gasteiger partial charge is 0.487 e. The summed E-state index contributed by atoms with van der Waals surface area (Å²) in [6.07, 6.45) is -0.996. The molecule has 334 valence electrons. The second-order valence-corrected chi connectivity index (χ2v) is 18.7. The fraction of sp³-hybridized carbons (Fsp3) is 0.455. The Morgan fingerprint density at radius 3 is 2.15 bits per heavy atom. The van der Waals surface area contributed by atoms with E-state index in [2.05, 4.69) is 25.7 Å². The first kappa shape index (κ1) is 46.9. The first-order chi connectivity index (χ1) is 29.0. The molecule has 7 N–H and O–H groups in total. The fourth-order valence-electron chi connectivity index (χ4n) is 7.70. The van der Waals surface area contributed by atoms with E-state index in [1.165, 1.54) is 0 Å². The van der Waals surface area contributed by atoms with Crippen molar-refractivity contribution in [3.63, 3.8) is 0 Å². The number of hydrogen-bond acceptors (Lipinski definition) is 11. The molecule has 3 aromatic carbocycles. The number of carboxylic acids is 1. The summed E-state index contributed by atoms with van der Waals surface area (Å²) < 4.78 is 46.6. The molecule has 3 amide bonds. The molecule has 62 heavy (non-hydrogen) atoms. The lowest BCUT2D eigenvalue weighted by molar-refractivity contribution is -0.158. The number of nitrogens with one attached hydrogen (secondary N) is 4. The topological polar surface area (TPSA) is 254 Å². The van der Waals surface area contributed by atoms with E-state index < -0.39 is 76.1 Å². The Kier molecular flexibility index (Phi) is 14.2. The van der Waals surface area contributed by atoms with Crippen molar-refractivity contribution >= 4 is 45.8 Å². The van der Waals surface area contributed by atoms with Crippen LogP contribution in [-0.4, -0.2) is 92.3 Å². The third-order valence-corrected chi connectivity index (χ3v) is 12.2. The smallest absolute Gasteiger partial charge is 0.407 e. The average Bonchev–Trinajstić information content (AvgIpc) is 3.68. The van der Waals surface area contributed by atoms with Gasteiger partial charge in [0.2, 0.25) is 17.8 Å². The number of aliphatic imine (C=N–C) groups is 1. The summed E-state index contributed by atoms with van der Waals surface area (Å²) in [4.78, 5) is 67.9. The summed E-state index contributed by atoms with van der Waals surface area (Å²) in [6, 6.07) is 12.6. The maximum Gasteiger partial charge on any atom is 0.407 e. The number of nitrogens with zero attached hydrogens (tertiary/aromatic N) is 1. The highest BCUT2D eigenvalue weighted by Gasteiger charge is 2.37. The number of benzene rings is 3. The number of carbonyl (C=O) groups excluding carboxylic acids is 4. The summed E-state index contributed by atoms with van der Waals surface area (Å²) in [7, 11) is -4.18. The van der Waals surface area contributed by atoms with Gasteiger partial charge in [0, 0.05) is 24.4 Å². The molecule has 2 aliphatic rings. The predicted molar refractivity (Wildman–Crippen MR) is 230 cm³/mol. The van der Waals surface area contributed by atoms with Crippen LogP contribution >= 0.6 is 0 Å². The van der Waals surface area contributed by atoms with E-state index in [-0.39, 0.29) is 42.8 Å². The normalized spacial score (nSPS) is 15.2.